The molecule has 106 valence electrons. The molecule has 0 unspecified atom stereocenters. The van der Waals surface area contributed by atoms with Gasteiger partial charge >= 0.3 is 0 Å². The zero-order valence-electron chi connectivity index (χ0n) is 10.9. The zero-order valence-corrected chi connectivity index (χ0v) is 11.7. The highest BCUT2D eigenvalue weighted by Gasteiger charge is 2.13. The highest BCUT2D eigenvalue weighted by Crippen LogP contribution is 2.09. The first-order valence-corrected chi connectivity index (χ1v) is 8.17. The van der Waals surface area contributed by atoms with E-state index >= 15 is 0 Å². The maximum Gasteiger partial charge on any atom is 0.232 e. The molecular formula is C13H20N2O3S. The van der Waals surface area contributed by atoms with Gasteiger partial charge in [0.25, 0.3) is 0 Å². The summed E-state index contributed by atoms with van der Waals surface area (Å²) in [6.45, 7) is 4.08. The summed E-state index contributed by atoms with van der Waals surface area (Å²) in [6, 6.07) is 8.98. The van der Waals surface area contributed by atoms with Crippen LogP contribution in [-0.4, -0.2) is 51.9 Å². The summed E-state index contributed by atoms with van der Waals surface area (Å²) in [5.41, 5.74) is 0.619. The number of hydrogen-bond acceptors (Lipinski definition) is 4. The van der Waals surface area contributed by atoms with E-state index in [1.807, 2.05) is 18.2 Å². The summed E-state index contributed by atoms with van der Waals surface area (Å²) in [7, 11) is -3.24. The maximum absolute atomic E-state index is 11.9. The van der Waals surface area contributed by atoms with E-state index in [0.717, 1.165) is 32.8 Å². The van der Waals surface area contributed by atoms with Crippen LogP contribution in [0, 0.1) is 0 Å². The Hall–Kier alpha value is -1.11. The lowest BCUT2D eigenvalue weighted by Gasteiger charge is -2.26. The molecule has 1 saturated heterocycles. The Bertz CT molecular complexity index is 470. The van der Waals surface area contributed by atoms with Gasteiger partial charge in [0.2, 0.25) is 10.0 Å². The van der Waals surface area contributed by atoms with Gasteiger partial charge in [-0.15, -0.1) is 0 Å². The Morgan fingerprint density at radius 2 is 1.84 bits per heavy atom. The van der Waals surface area contributed by atoms with Gasteiger partial charge in [-0.2, -0.15) is 0 Å². The smallest absolute Gasteiger partial charge is 0.232 e. The van der Waals surface area contributed by atoms with Crippen LogP contribution in [0.15, 0.2) is 30.3 Å². The number of nitrogens with zero attached hydrogens (tertiary/aromatic N) is 1. The van der Waals surface area contributed by atoms with Crippen LogP contribution >= 0.6 is 0 Å². The van der Waals surface area contributed by atoms with E-state index in [9.17, 15) is 8.42 Å². The van der Waals surface area contributed by atoms with Crippen molar-refractivity contribution in [1.29, 1.82) is 0 Å². The average molecular weight is 284 g/mol. The van der Waals surface area contributed by atoms with Gasteiger partial charge in [-0.1, -0.05) is 18.2 Å². The number of anilines is 1. The lowest BCUT2D eigenvalue weighted by atomic mass is 10.3. The van der Waals surface area contributed by atoms with E-state index in [1.54, 1.807) is 12.1 Å². The maximum atomic E-state index is 11.9. The normalized spacial score (nSPS) is 17.3. The van der Waals surface area contributed by atoms with Crippen molar-refractivity contribution in [2.45, 2.75) is 6.42 Å². The number of rotatable bonds is 6. The van der Waals surface area contributed by atoms with Gasteiger partial charge in [0.15, 0.2) is 0 Å². The van der Waals surface area contributed by atoms with Crippen molar-refractivity contribution in [3.8, 4) is 0 Å². The Kier molecular flexibility index (Phi) is 5.18. The first-order chi connectivity index (χ1) is 9.16. The topological polar surface area (TPSA) is 58.6 Å². The van der Waals surface area contributed by atoms with E-state index in [2.05, 4.69) is 9.62 Å². The molecule has 0 spiro atoms. The predicted octanol–water partition coefficient (Wildman–Crippen LogP) is 1.15. The Morgan fingerprint density at radius 3 is 2.53 bits per heavy atom. The number of morpholine rings is 1. The van der Waals surface area contributed by atoms with Gasteiger partial charge in [0, 0.05) is 18.8 Å². The minimum absolute atomic E-state index is 0.152. The predicted molar refractivity (Wildman–Crippen MR) is 75.7 cm³/mol. The highest BCUT2D eigenvalue weighted by atomic mass is 32.2. The quantitative estimate of drug-likeness (QED) is 0.851. The summed E-state index contributed by atoms with van der Waals surface area (Å²) in [4.78, 5) is 2.24. The van der Waals surface area contributed by atoms with E-state index < -0.39 is 10.0 Å². The molecule has 1 heterocycles. The number of sulfonamides is 1. The average Bonchev–Trinajstić information content (AvgIpc) is 2.40. The van der Waals surface area contributed by atoms with Crippen LogP contribution in [0.2, 0.25) is 0 Å². The van der Waals surface area contributed by atoms with Crippen LogP contribution in [0.25, 0.3) is 0 Å². The molecule has 6 heteroatoms. The number of hydrogen-bond donors (Lipinski definition) is 1. The monoisotopic (exact) mass is 284 g/mol. The van der Waals surface area contributed by atoms with Gasteiger partial charge in [-0.05, 0) is 25.1 Å². The molecule has 0 amide bonds. The lowest BCUT2D eigenvalue weighted by molar-refractivity contribution is 0.0381. The fourth-order valence-corrected chi connectivity index (χ4v) is 3.15. The summed E-state index contributed by atoms with van der Waals surface area (Å²) in [6.07, 6.45) is 0.641. The largest absolute Gasteiger partial charge is 0.379 e. The molecule has 1 N–H and O–H groups in total. The third-order valence-corrected chi connectivity index (χ3v) is 4.41. The van der Waals surface area contributed by atoms with Crippen LogP contribution in [0.4, 0.5) is 5.69 Å². The van der Waals surface area contributed by atoms with Crippen molar-refractivity contribution in [1.82, 2.24) is 4.90 Å². The lowest BCUT2D eigenvalue weighted by Crippen LogP contribution is -2.37. The highest BCUT2D eigenvalue weighted by molar-refractivity contribution is 7.92. The van der Waals surface area contributed by atoms with E-state index in [4.69, 9.17) is 4.74 Å². The van der Waals surface area contributed by atoms with Crippen LogP contribution in [0.3, 0.4) is 0 Å². The second-order valence-corrected chi connectivity index (χ2v) is 6.44. The molecule has 1 aromatic carbocycles. The second-order valence-electron chi connectivity index (χ2n) is 4.59. The number of para-hydroxylation sites is 1. The third kappa shape index (κ3) is 5.18. The molecule has 1 aromatic rings. The van der Waals surface area contributed by atoms with Crippen molar-refractivity contribution < 1.29 is 13.2 Å². The molecule has 0 radical (unpaired) electrons. The van der Waals surface area contributed by atoms with Gasteiger partial charge in [-0.3, -0.25) is 9.62 Å². The minimum Gasteiger partial charge on any atom is -0.379 e. The second kappa shape index (κ2) is 6.88. The summed E-state index contributed by atoms with van der Waals surface area (Å²) >= 11 is 0. The fraction of sp³-hybridized carbons (Fsp3) is 0.538. The van der Waals surface area contributed by atoms with Crippen LogP contribution in [-0.2, 0) is 14.8 Å². The summed E-state index contributed by atoms with van der Waals surface area (Å²) in [5, 5.41) is 0. The first kappa shape index (κ1) is 14.3. The van der Waals surface area contributed by atoms with Crippen molar-refractivity contribution in [3.63, 3.8) is 0 Å². The molecule has 5 nitrogen and oxygen atoms in total. The van der Waals surface area contributed by atoms with Crippen molar-refractivity contribution in [2.75, 3.05) is 43.3 Å². The van der Waals surface area contributed by atoms with Crippen LogP contribution in [0.1, 0.15) is 6.42 Å². The molecule has 2 rings (SSSR count). The zero-order chi connectivity index (χ0) is 13.6. The van der Waals surface area contributed by atoms with Gasteiger partial charge < -0.3 is 4.74 Å². The molecular weight excluding hydrogens is 264 g/mol. The molecule has 1 aliphatic rings. The Morgan fingerprint density at radius 1 is 1.16 bits per heavy atom. The number of ether oxygens (including phenoxy) is 1. The standard InChI is InChI=1S/C13H20N2O3S/c16-19(17,14-13-5-2-1-3-6-13)12-4-7-15-8-10-18-11-9-15/h1-3,5-6,14H,4,7-12H2. The molecule has 0 aliphatic carbocycles. The summed E-state index contributed by atoms with van der Waals surface area (Å²) < 4.78 is 31.6. The SMILES string of the molecule is O=S(=O)(CCCN1CCOCC1)Nc1ccccc1. The molecule has 0 bridgehead atoms. The number of nitrogens with one attached hydrogen (secondary N) is 1. The van der Waals surface area contributed by atoms with Gasteiger partial charge in [0.05, 0.1) is 19.0 Å². The summed E-state index contributed by atoms with van der Waals surface area (Å²) in [5.74, 6) is 0.152. The van der Waals surface area contributed by atoms with E-state index in [1.165, 1.54) is 0 Å². The Labute approximate surface area is 114 Å². The van der Waals surface area contributed by atoms with Gasteiger partial charge in [-0.25, -0.2) is 8.42 Å². The number of benzene rings is 1. The van der Waals surface area contributed by atoms with E-state index in [-0.39, 0.29) is 5.75 Å². The van der Waals surface area contributed by atoms with Crippen molar-refractivity contribution in [3.05, 3.63) is 30.3 Å². The van der Waals surface area contributed by atoms with Crippen LogP contribution < -0.4 is 4.72 Å². The fourth-order valence-electron chi connectivity index (χ4n) is 2.04. The van der Waals surface area contributed by atoms with Crippen molar-refractivity contribution in [2.24, 2.45) is 0 Å². The Balaban J connectivity index is 1.74. The molecule has 1 aliphatic heterocycles. The minimum atomic E-state index is -3.24. The molecule has 0 aromatic heterocycles. The van der Waals surface area contributed by atoms with Crippen molar-refractivity contribution >= 4 is 15.7 Å². The van der Waals surface area contributed by atoms with E-state index in [0.29, 0.717) is 12.1 Å². The molecule has 0 saturated carbocycles. The molecule has 0 atom stereocenters. The van der Waals surface area contributed by atoms with Gasteiger partial charge in [0.1, 0.15) is 0 Å². The van der Waals surface area contributed by atoms with Crippen LogP contribution in [0.5, 0.6) is 0 Å². The first-order valence-electron chi connectivity index (χ1n) is 6.51. The molecule has 1 fully saturated rings. The third-order valence-electron chi connectivity index (χ3n) is 3.04. The molecule has 19 heavy (non-hydrogen) atoms.